The second-order valence-corrected chi connectivity index (χ2v) is 3.72. The van der Waals surface area contributed by atoms with Crippen molar-refractivity contribution in [1.29, 1.82) is 0 Å². The Morgan fingerprint density at radius 1 is 1.60 bits per heavy atom. The number of carbonyl (C=O) groups is 1. The van der Waals surface area contributed by atoms with Gasteiger partial charge >= 0.3 is 5.97 Å². The zero-order chi connectivity index (χ0) is 10.8. The van der Waals surface area contributed by atoms with Gasteiger partial charge in [0, 0.05) is 6.20 Å². The van der Waals surface area contributed by atoms with Crippen LogP contribution in [0.1, 0.15) is 16.2 Å². The maximum Gasteiger partial charge on any atom is 0.356 e. The Bertz CT molecular complexity index is 489. The van der Waals surface area contributed by atoms with E-state index in [2.05, 4.69) is 20.9 Å². The number of hydrogen-bond acceptors (Lipinski definition) is 3. The number of aromatic carboxylic acids is 1. The summed E-state index contributed by atoms with van der Waals surface area (Å²) in [7, 11) is 0. The molecule has 0 bridgehead atoms. The third kappa shape index (κ3) is 2.27. The monoisotopic (exact) mass is 270 g/mol. The summed E-state index contributed by atoms with van der Waals surface area (Å²) in [6, 6.07) is 3.59. The van der Waals surface area contributed by atoms with Crippen LogP contribution in [0.5, 0.6) is 0 Å². The molecule has 0 unspecified atom stereocenters. The Hall–Kier alpha value is -1.56. The first-order chi connectivity index (χ1) is 7.15. The van der Waals surface area contributed by atoms with Crippen LogP contribution in [-0.2, 0) is 6.54 Å². The predicted octanol–water partition coefficient (Wildman–Crippen LogP) is 1.99. The quantitative estimate of drug-likeness (QED) is 0.926. The highest BCUT2D eigenvalue weighted by molar-refractivity contribution is 9.10. The molecule has 0 saturated carbocycles. The molecule has 0 radical (unpaired) electrons. The van der Waals surface area contributed by atoms with E-state index in [1.165, 1.54) is 12.5 Å². The van der Waals surface area contributed by atoms with Gasteiger partial charge in [-0.15, -0.1) is 0 Å². The third-order valence-electron chi connectivity index (χ3n) is 1.82. The Balaban J connectivity index is 2.14. The number of halogens is 1. The fourth-order valence-electron chi connectivity index (χ4n) is 1.17. The van der Waals surface area contributed by atoms with E-state index in [4.69, 9.17) is 9.52 Å². The van der Waals surface area contributed by atoms with E-state index in [0.29, 0.717) is 11.2 Å². The highest BCUT2D eigenvalue weighted by Crippen LogP contribution is 2.15. The standard InChI is InChI=1S/C9H7BrN2O3/c10-8-2-1-6(15-8)3-12-4-7(9(13)14)11-5-12/h1-2,4-5H,3H2,(H,13,14). The number of imidazole rings is 1. The van der Waals surface area contributed by atoms with Crippen LogP contribution in [-0.4, -0.2) is 20.6 Å². The van der Waals surface area contributed by atoms with Crippen LogP contribution in [0.15, 0.2) is 33.7 Å². The van der Waals surface area contributed by atoms with Crippen LogP contribution in [0, 0.1) is 0 Å². The SMILES string of the molecule is O=C(O)c1cn(Cc2ccc(Br)o2)cn1. The lowest BCUT2D eigenvalue weighted by molar-refractivity contribution is 0.0691. The van der Waals surface area contributed by atoms with Gasteiger partial charge in [-0.3, -0.25) is 0 Å². The molecular weight excluding hydrogens is 264 g/mol. The highest BCUT2D eigenvalue weighted by atomic mass is 79.9. The molecule has 15 heavy (non-hydrogen) atoms. The summed E-state index contributed by atoms with van der Waals surface area (Å²) >= 11 is 3.19. The molecule has 0 fully saturated rings. The molecule has 78 valence electrons. The zero-order valence-corrected chi connectivity index (χ0v) is 9.14. The average Bonchev–Trinajstić information content (AvgIpc) is 2.76. The molecule has 2 heterocycles. The zero-order valence-electron chi connectivity index (χ0n) is 7.55. The van der Waals surface area contributed by atoms with Gasteiger partial charge in [0.25, 0.3) is 0 Å². The summed E-state index contributed by atoms with van der Waals surface area (Å²) in [5, 5.41) is 8.66. The molecule has 0 atom stereocenters. The second-order valence-electron chi connectivity index (χ2n) is 2.94. The van der Waals surface area contributed by atoms with Crippen molar-refractivity contribution in [3.63, 3.8) is 0 Å². The van der Waals surface area contributed by atoms with E-state index >= 15 is 0 Å². The van der Waals surface area contributed by atoms with Crippen molar-refractivity contribution in [1.82, 2.24) is 9.55 Å². The number of nitrogens with zero attached hydrogens (tertiary/aromatic N) is 2. The van der Waals surface area contributed by atoms with Crippen molar-refractivity contribution in [2.24, 2.45) is 0 Å². The van der Waals surface area contributed by atoms with Crippen LogP contribution in [0.2, 0.25) is 0 Å². The minimum atomic E-state index is -1.03. The predicted molar refractivity (Wildman–Crippen MR) is 54.7 cm³/mol. The van der Waals surface area contributed by atoms with Gasteiger partial charge in [0.05, 0.1) is 12.9 Å². The van der Waals surface area contributed by atoms with Crippen molar-refractivity contribution in [3.05, 3.63) is 40.8 Å². The summed E-state index contributed by atoms with van der Waals surface area (Å²) < 4.78 is 7.57. The lowest BCUT2D eigenvalue weighted by atomic mass is 10.4. The maximum absolute atomic E-state index is 10.6. The van der Waals surface area contributed by atoms with Gasteiger partial charge in [0.1, 0.15) is 5.76 Å². The molecule has 1 N–H and O–H groups in total. The molecule has 2 rings (SSSR count). The number of carboxylic acids is 1. The fourth-order valence-corrected chi connectivity index (χ4v) is 1.51. The molecule has 6 heteroatoms. The first kappa shape index (κ1) is 9.97. The summed E-state index contributed by atoms with van der Waals surface area (Å²) in [6.07, 6.45) is 2.92. The number of furan rings is 1. The molecule has 0 aliphatic carbocycles. The molecule has 0 amide bonds. The van der Waals surface area contributed by atoms with Crippen molar-refractivity contribution in [2.45, 2.75) is 6.54 Å². The van der Waals surface area contributed by atoms with E-state index in [1.54, 1.807) is 10.6 Å². The number of aromatic nitrogens is 2. The summed E-state index contributed by atoms with van der Waals surface area (Å²) in [4.78, 5) is 14.3. The van der Waals surface area contributed by atoms with E-state index in [-0.39, 0.29) is 5.69 Å². The molecule has 2 aromatic rings. The average molecular weight is 271 g/mol. The Morgan fingerprint density at radius 2 is 2.40 bits per heavy atom. The van der Waals surface area contributed by atoms with E-state index in [9.17, 15) is 4.79 Å². The van der Waals surface area contributed by atoms with E-state index < -0.39 is 5.97 Å². The van der Waals surface area contributed by atoms with E-state index in [1.807, 2.05) is 6.07 Å². The molecule has 5 nitrogen and oxygen atoms in total. The molecule has 0 aromatic carbocycles. The summed E-state index contributed by atoms with van der Waals surface area (Å²) in [5.74, 6) is -0.300. The molecule has 0 spiro atoms. The maximum atomic E-state index is 10.6. The van der Waals surface area contributed by atoms with Gasteiger partial charge in [-0.2, -0.15) is 0 Å². The molecule has 0 saturated heterocycles. The first-order valence-electron chi connectivity index (χ1n) is 4.14. The Morgan fingerprint density at radius 3 is 2.93 bits per heavy atom. The van der Waals surface area contributed by atoms with Gasteiger partial charge in [-0.1, -0.05) is 0 Å². The van der Waals surface area contributed by atoms with Crippen LogP contribution in [0.4, 0.5) is 0 Å². The highest BCUT2D eigenvalue weighted by Gasteiger charge is 2.07. The minimum absolute atomic E-state index is 0.0284. The Kier molecular flexibility index (Phi) is 2.59. The number of carboxylic acid groups (broad SMARTS) is 1. The minimum Gasteiger partial charge on any atom is -0.476 e. The van der Waals surface area contributed by atoms with Crippen LogP contribution in [0.25, 0.3) is 0 Å². The summed E-state index contributed by atoms with van der Waals surface area (Å²) in [5.41, 5.74) is 0.0284. The molecule has 0 aliphatic rings. The largest absolute Gasteiger partial charge is 0.476 e. The van der Waals surface area contributed by atoms with Gasteiger partial charge < -0.3 is 14.1 Å². The van der Waals surface area contributed by atoms with Crippen LogP contribution < -0.4 is 0 Å². The van der Waals surface area contributed by atoms with E-state index in [0.717, 1.165) is 5.76 Å². The van der Waals surface area contributed by atoms with Gasteiger partial charge in [0.2, 0.25) is 0 Å². The Labute approximate surface area is 93.5 Å². The van der Waals surface area contributed by atoms with Crippen LogP contribution in [0.3, 0.4) is 0 Å². The van der Waals surface area contributed by atoms with Crippen LogP contribution >= 0.6 is 15.9 Å². The molecular formula is C9H7BrN2O3. The van der Waals surface area contributed by atoms with Crippen molar-refractivity contribution in [3.8, 4) is 0 Å². The second kappa shape index (κ2) is 3.90. The topological polar surface area (TPSA) is 68.3 Å². The van der Waals surface area contributed by atoms with Gasteiger partial charge in [0.15, 0.2) is 10.4 Å². The first-order valence-corrected chi connectivity index (χ1v) is 4.94. The fraction of sp³-hybridized carbons (Fsp3) is 0.111. The molecule has 0 aliphatic heterocycles. The molecule has 2 aromatic heterocycles. The number of rotatable bonds is 3. The summed E-state index contributed by atoms with van der Waals surface area (Å²) in [6.45, 7) is 0.464. The van der Waals surface area contributed by atoms with Gasteiger partial charge in [-0.25, -0.2) is 9.78 Å². The van der Waals surface area contributed by atoms with Crippen molar-refractivity contribution < 1.29 is 14.3 Å². The smallest absolute Gasteiger partial charge is 0.356 e. The number of hydrogen-bond donors (Lipinski definition) is 1. The van der Waals surface area contributed by atoms with Crippen molar-refractivity contribution in [2.75, 3.05) is 0 Å². The lowest BCUT2D eigenvalue weighted by Crippen LogP contribution is -1.97. The lowest BCUT2D eigenvalue weighted by Gasteiger charge is -1.96. The third-order valence-corrected chi connectivity index (χ3v) is 2.25. The van der Waals surface area contributed by atoms with Crippen molar-refractivity contribution >= 4 is 21.9 Å². The van der Waals surface area contributed by atoms with Gasteiger partial charge in [-0.05, 0) is 28.1 Å². The normalized spacial score (nSPS) is 10.5.